The van der Waals surface area contributed by atoms with Crippen molar-refractivity contribution < 1.29 is 18.0 Å². The molecule has 3 N–H and O–H groups in total. The number of nitrogens with zero attached hydrogens (tertiary/aromatic N) is 1. The predicted molar refractivity (Wildman–Crippen MR) is 57.5 cm³/mol. The first-order chi connectivity index (χ1) is 8.41. The van der Waals surface area contributed by atoms with E-state index in [1.54, 1.807) is 0 Å². The summed E-state index contributed by atoms with van der Waals surface area (Å²) < 4.78 is 39.1. The molecule has 0 aliphatic heterocycles. The summed E-state index contributed by atoms with van der Waals surface area (Å²) in [6.45, 7) is 0. The largest absolute Gasteiger partial charge is 0.417 e. The number of hydrogen-bond acceptors (Lipinski definition) is 2. The topological polar surface area (TPSA) is 71.8 Å². The summed E-state index contributed by atoms with van der Waals surface area (Å²) in [4.78, 5) is 11.1. The molecular formula is C11H8F3N3O. The van der Waals surface area contributed by atoms with Crippen molar-refractivity contribution in [3.63, 3.8) is 0 Å². The van der Waals surface area contributed by atoms with Crippen LogP contribution in [0.3, 0.4) is 0 Å². The smallest absolute Gasteiger partial charge is 0.366 e. The normalized spacial score (nSPS) is 11.5. The van der Waals surface area contributed by atoms with E-state index in [1.165, 1.54) is 24.4 Å². The second kappa shape index (κ2) is 4.17. The molecule has 0 saturated heterocycles. The summed E-state index contributed by atoms with van der Waals surface area (Å²) in [6.07, 6.45) is -3.35. The van der Waals surface area contributed by atoms with Crippen LogP contribution in [0.5, 0.6) is 0 Å². The van der Waals surface area contributed by atoms with E-state index < -0.39 is 23.2 Å². The molecular weight excluding hydrogens is 247 g/mol. The van der Waals surface area contributed by atoms with Gasteiger partial charge in [-0.3, -0.25) is 9.89 Å². The third-order valence-corrected chi connectivity index (χ3v) is 2.40. The maximum absolute atomic E-state index is 13.0. The van der Waals surface area contributed by atoms with Gasteiger partial charge in [0.15, 0.2) is 0 Å². The van der Waals surface area contributed by atoms with Crippen molar-refractivity contribution in [3.8, 4) is 11.3 Å². The van der Waals surface area contributed by atoms with Gasteiger partial charge in [-0.05, 0) is 12.1 Å². The van der Waals surface area contributed by atoms with Crippen LogP contribution in [-0.2, 0) is 6.18 Å². The number of aromatic nitrogens is 2. The van der Waals surface area contributed by atoms with Crippen molar-refractivity contribution in [3.05, 3.63) is 41.6 Å². The van der Waals surface area contributed by atoms with Gasteiger partial charge in [0.05, 0.1) is 16.8 Å². The number of amides is 1. The third kappa shape index (κ3) is 2.06. The van der Waals surface area contributed by atoms with Crippen LogP contribution in [-0.4, -0.2) is 16.1 Å². The van der Waals surface area contributed by atoms with E-state index in [1.807, 2.05) is 0 Å². The van der Waals surface area contributed by atoms with Gasteiger partial charge in [0, 0.05) is 11.8 Å². The zero-order valence-corrected chi connectivity index (χ0v) is 8.95. The maximum atomic E-state index is 13.0. The monoisotopic (exact) mass is 255 g/mol. The minimum Gasteiger partial charge on any atom is -0.366 e. The molecule has 7 heteroatoms. The number of alkyl halides is 3. The van der Waals surface area contributed by atoms with Gasteiger partial charge in [-0.25, -0.2) is 0 Å². The van der Waals surface area contributed by atoms with E-state index in [0.29, 0.717) is 0 Å². The second-order valence-electron chi connectivity index (χ2n) is 3.56. The van der Waals surface area contributed by atoms with Gasteiger partial charge in [0.25, 0.3) is 0 Å². The summed E-state index contributed by atoms with van der Waals surface area (Å²) in [5.74, 6) is -1.12. The molecule has 0 aliphatic carbocycles. The number of carbonyl (C=O) groups excluding carboxylic acids is 1. The van der Waals surface area contributed by atoms with Crippen LogP contribution in [0.25, 0.3) is 11.3 Å². The van der Waals surface area contributed by atoms with Crippen molar-refractivity contribution in [2.24, 2.45) is 5.73 Å². The van der Waals surface area contributed by atoms with Crippen molar-refractivity contribution in [2.45, 2.75) is 6.18 Å². The minimum atomic E-state index is -4.67. The number of carbonyl (C=O) groups is 1. The highest BCUT2D eigenvalue weighted by Crippen LogP contribution is 2.38. The molecule has 0 bridgehead atoms. The zero-order chi connectivity index (χ0) is 13.3. The van der Waals surface area contributed by atoms with Crippen LogP contribution >= 0.6 is 0 Å². The number of nitrogens with one attached hydrogen (secondary N) is 1. The van der Waals surface area contributed by atoms with Crippen molar-refractivity contribution in [1.29, 1.82) is 0 Å². The van der Waals surface area contributed by atoms with Crippen LogP contribution in [0.2, 0.25) is 0 Å². The standard InChI is InChI=1S/C11H8F3N3O/c12-11(13,14)9-6(8-4-5-16-17-8)2-1-3-7(9)10(15)18/h1-5H,(H2,15,18)(H,16,17). The lowest BCUT2D eigenvalue weighted by Gasteiger charge is -2.14. The Bertz CT molecular complexity index is 576. The first kappa shape index (κ1) is 12.2. The number of benzene rings is 1. The Morgan fingerprint density at radius 2 is 2.00 bits per heavy atom. The maximum Gasteiger partial charge on any atom is 0.417 e. The number of aromatic amines is 1. The predicted octanol–water partition coefficient (Wildman–Crippen LogP) is 2.19. The van der Waals surface area contributed by atoms with Gasteiger partial charge in [0.2, 0.25) is 5.91 Å². The van der Waals surface area contributed by atoms with Crippen LogP contribution in [0.1, 0.15) is 15.9 Å². The van der Waals surface area contributed by atoms with Gasteiger partial charge >= 0.3 is 6.18 Å². The molecule has 1 heterocycles. The molecule has 0 atom stereocenters. The Morgan fingerprint density at radius 3 is 2.50 bits per heavy atom. The SMILES string of the molecule is NC(=O)c1cccc(-c2ccn[nH]2)c1C(F)(F)F. The molecule has 1 amide bonds. The van der Waals surface area contributed by atoms with Crippen LogP contribution in [0.4, 0.5) is 13.2 Å². The number of hydrogen-bond donors (Lipinski definition) is 2. The van der Waals surface area contributed by atoms with Gasteiger partial charge in [-0.15, -0.1) is 0 Å². The molecule has 4 nitrogen and oxygen atoms in total. The van der Waals surface area contributed by atoms with Gasteiger partial charge < -0.3 is 5.73 Å². The molecule has 18 heavy (non-hydrogen) atoms. The van der Waals surface area contributed by atoms with E-state index in [9.17, 15) is 18.0 Å². The molecule has 0 spiro atoms. The fourth-order valence-electron chi connectivity index (χ4n) is 1.69. The number of primary amides is 1. The highest BCUT2D eigenvalue weighted by molar-refractivity contribution is 5.96. The van der Waals surface area contributed by atoms with E-state index >= 15 is 0 Å². The zero-order valence-electron chi connectivity index (χ0n) is 8.95. The molecule has 0 saturated carbocycles. The number of nitrogens with two attached hydrogens (primary N) is 1. The van der Waals surface area contributed by atoms with Crippen LogP contribution in [0, 0.1) is 0 Å². The Morgan fingerprint density at radius 1 is 1.28 bits per heavy atom. The lowest BCUT2D eigenvalue weighted by Crippen LogP contribution is -2.19. The molecule has 94 valence electrons. The average molecular weight is 255 g/mol. The van der Waals surface area contributed by atoms with Crippen LogP contribution < -0.4 is 5.73 Å². The number of H-pyrrole nitrogens is 1. The third-order valence-electron chi connectivity index (χ3n) is 2.40. The molecule has 2 rings (SSSR count). The van der Waals surface area contributed by atoms with Crippen molar-refractivity contribution in [2.75, 3.05) is 0 Å². The number of rotatable bonds is 2. The van der Waals surface area contributed by atoms with Crippen molar-refractivity contribution >= 4 is 5.91 Å². The molecule has 2 aromatic rings. The Labute approximate surface area is 99.6 Å². The van der Waals surface area contributed by atoms with Crippen molar-refractivity contribution in [1.82, 2.24) is 10.2 Å². The fourth-order valence-corrected chi connectivity index (χ4v) is 1.69. The highest BCUT2D eigenvalue weighted by Gasteiger charge is 2.37. The fraction of sp³-hybridized carbons (Fsp3) is 0.0909. The first-order valence-corrected chi connectivity index (χ1v) is 4.91. The lowest BCUT2D eigenvalue weighted by atomic mass is 9.98. The average Bonchev–Trinajstić information content (AvgIpc) is 2.80. The Hall–Kier alpha value is -2.31. The molecule has 0 unspecified atom stereocenters. The molecule has 1 aromatic heterocycles. The summed E-state index contributed by atoms with van der Waals surface area (Å²) in [5.41, 5.74) is 3.37. The number of halogens is 3. The van der Waals surface area contributed by atoms with E-state index in [2.05, 4.69) is 10.2 Å². The summed E-state index contributed by atoms with van der Waals surface area (Å²) in [7, 11) is 0. The van der Waals surface area contributed by atoms with Crippen LogP contribution in [0.15, 0.2) is 30.5 Å². The Kier molecular flexibility index (Phi) is 2.82. The van der Waals surface area contributed by atoms with Gasteiger partial charge in [0.1, 0.15) is 0 Å². The highest BCUT2D eigenvalue weighted by atomic mass is 19.4. The van der Waals surface area contributed by atoms with E-state index in [-0.39, 0.29) is 11.3 Å². The molecule has 1 aromatic carbocycles. The minimum absolute atomic E-state index is 0.156. The quantitative estimate of drug-likeness (QED) is 0.863. The summed E-state index contributed by atoms with van der Waals surface area (Å²) in [5, 5.41) is 6.02. The first-order valence-electron chi connectivity index (χ1n) is 4.91. The van der Waals surface area contributed by atoms with Gasteiger partial charge in [-0.1, -0.05) is 12.1 Å². The second-order valence-corrected chi connectivity index (χ2v) is 3.56. The molecule has 0 fully saturated rings. The Balaban J connectivity index is 2.75. The summed E-state index contributed by atoms with van der Waals surface area (Å²) in [6, 6.07) is 5.02. The summed E-state index contributed by atoms with van der Waals surface area (Å²) >= 11 is 0. The van der Waals surface area contributed by atoms with Gasteiger partial charge in [-0.2, -0.15) is 18.3 Å². The lowest BCUT2D eigenvalue weighted by molar-refractivity contribution is -0.137. The molecule has 0 radical (unpaired) electrons. The van der Waals surface area contributed by atoms with E-state index in [4.69, 9.17) is 5.73 Å². The molecule has 0 aliphatic rings. The van der Waals surface area contributed by atoms with E-state index in [0.717, 1.165) is 6.07 Å².